The number of aromatic nitrogens is 4. The molecule has 0 amide bonds. The van der Waals surface area contributed by atoms with Crippen LogP contribution in [0.25, 0.3) is 16.6 Å². The van der Waals surface area contributed by atoms with Crippen LogP contribution in [0.15, 0.2) is 23.0 Å². The third-order valence-electron chi connectivity index (χ3n) is 2.79. The highest BCUT2D eigenvalue weighted by atomic mass is 35.5. The van der Waals surface area contributed by atoms with E-state index in [-0.39, 0.29) is 17.8 Å². The molecule has 1 aromatic carbocycles. The van der Waals surface area contributed by atoms with Crippen molar-refractivity contribution in [3.8, 4) is 0 Å². The Morgan fingerprint density at radius 2 is 2.30 bits per heavy atom. The molecular formula is C12H9ClN4O3. The lowest BCUT2D eigenvalue weighted by atomic mass is 10.3. The lowest BCUT2D eigenvalue weighted by molar-refractivity contribution is 0.0521. The predicted molar refractivity (Wildman–Crippen MR) is 72.1 cm³/mol. The van der Waals surface area contributed by atoms with Crippen molar-refractivity contribution in [2.75, 3.05) is 6.61 Å². The zero-order chi connectivity index (χ0) is 14.3. The van der Waals surface area contributed by atoms with Gasteiger partial charge in [-0.2, -0.15) is 0 Å². The number of halogens is 1. The molecule has 0 bridgehead atoms. The Bertz CT molecular complexity index is 883. The molecule has 7 nitrogen and oxygen atoms in total. The molecule has 0 unspecified atom stereocenters. The lowest BCUT2D eigenvalue weighted by Gasteiger charge is -2.01. The van der Waals surface area contributed by atoms with Crippen LogP contribution < -0.4 is 5.56 Å². The van der Waals surface area contributed by atoms with Gasteiger partial charge in [-0.3, -0.25) is 4.79 Å². The predicted octanol–water partition coefficient (Wildman–Crippen LogP) is 1.40. The molecule has 0 atom stereocenters. The molecule has 1 N–H and O–H groups in total. The summed E-state index contributed by atoms with van der Waals surface area (Å²) in [7, 11) is 0. The zero-order valence-electron chi connectivity index (χ0n) is 10.4. The van der Waals surface area contributed by atoms with Gasteiger partial charge >= 0.3 is 5.97 Å². The van der Waals surface area contributed by atoms with E-state index in [1.165, 1.54) is 4.52 Å². The molecule has 2 heterocycles. The van der Waals surface area contributed by atoms with Gasteiger partial charge in [-0.1, -0.05) is 16.8 Å². The fourth-order valence-electron chi connectivity index (χ4n) is 1.97. The van der Waals surface area contributed by atoms with E-state index in [2.05, 4.69) is 15.3 Å². The maximum Gasteiger partial charge on any atom is 0.361 e. The smallest absolute Gasteiger partial charge is 0.361 e. The number of carbonyl (C=O) groups is 1. The molecule has 102 valence electrons. The number of ether oxygens (including phenoxy) is 1. The van der Waals surface area contributed by atoms with Gasteiger partial charge in [0.05, 0.1) is 17.6 Å². The summed E-state index contributed by atoms with van der Waals surface area (Å²) < 4.78 is 6.15. The van der Waals surface area contributed by atoms with Crippen LogP contribution in [0.5, 0.6) is 0 Å². The second kappa shape index (κ2) is 4.61. The number of nitrogens with one attached hydrogen (secondary N) is 1. The molecule has 0 aliphatic carbocycles. The third-order valence-corrected chi connectivity index (χ3v) is 3.02. The van der Waals surface area contributed by atoms with E-state index in [1.54, 1.807) is 25.1 Å². The number of esters is 1. The minimum atomic E-state index is -0.679. The number of nitrogens with zero attached hydrogens (tertiary/aromatic N) is 3. The normalized spacial score (nSPS) is 11.1. The molecule has 2 aromatic heterocycles. The van der Waals surface area contributed by atoms with Gasteiger partial charge in [-0.25, -0.2) is 9.31 Å². The number of rotatable bonds is 2. The van der Waals surface area contributed by atoms with E-state index < -0.39 is 11.5 Å². The Morgan fingerprint density at radius 3 is 3.05 bits per heavy atom. The summed E-state index contributed by atoms with van der Waals surface area (Å²) in [6.45, 7) is 1.87. The minimum Gasteiger partial charge on any atom is -0.461 e. The van der Waals surface area contributed by atoms with Gasteiger partial charge in [0.15, 0.2) is 5.52 Å². The summed E-state index contributed by atoms with van der Waals surface area (Å²) in [5.41, 5.74) is 0.568. The SMILES string of the molecule is CCOC(=O)c1nnn2c1c(=O)[nH]c1cc(Cl)ccc12. The molecular weight excluding hydrogens is 284 g/mol. The van der Waals surface area contributed by atoms with Crippen LogP contribution >= 0.6 is 11.6 Å². The van der Waals surface area contributed by atoms with Crippen molar-refractivity contribution in [3.63, 3.8) is 0 Å². The van der Waals surface area contributed by atoms with Crippen molar-refractivity contribution in [1.29, 1.82) is 0 Å². The van der Waals surface area contributed by atoms with Crippen LogP contribution in [0.3, 0.4) is 0 Å². The molecule has 3 aromatic rings. The van der Waals surface area contributed by atoms with Crippen molar-refractivity contribution >= 4 is 34.1 Å². The summed E-state index contributed by atoms with van der Waals surface area (Å²) in [6.07, 6.45) is 0. The number of H-pyrrole nitrogens is 1. The van der Waals surface area contributed by atoms with Gasteiger partial charge in [-0.15, -0.1) is 5.10 Å². The molecule has 3 rings (SSSR count). The molecule has 0 saturated heterocycles. The summed E-state index contributed by atoms with van der Waals surface area (Å²) in [4.78, 5) is 26.5. The molecule has 0 radical (unpaired) electrons. The third kappa shape index (κ3) is 1.83. The minimum absolute atomic E-state index is 0.0540. The molecule has 0 fully saturated rings. The first-order valence-corrected chi connectivity index (χ1v) is 6.23. The van der Waals surface area contributed by atoms with Crippen molar-refractivity contribution < 1.29 is 9.53 Å². The molecule has 20 heavy (non-hydrogen) atoms. The molecule has 0 aliphatic heterocycles. The maximum absolute atomic E-state index is 12.1. The summed E-state index contributed by atoms with van der Waals surface area (Å²) in [5, 5.41) is 8.06. The van der Waals surface area contributed by atoms with Crippen molar-refractivity contribution in [1.82, 2.24) is 19.8 Å². The second-order valence-electron chi connectivity index (χ2n) is 4.03. The number of benzene rings is 1. The molecule has 8 heteroatoms. The number of carbonyl (C=O) groups excluding carboxylic acids is 1. The van der Waals surface area contributed by atoms with E-state index in [0.29, 0.717) is 16.1 Å². The second-order valence-corrected chi connectivity index (χ2v) is 4.47. The van der Waals surface area contributed by atoms with Gasteiger partial charge < -0.3 is 9.72 Å². The Labute approximate surface area is 117 Å². The zero-order valence-corrected chi connectivity index (χ0v) is 11.1. The van der Waals surface area contributed by atoms with Gasteiger partial charge in [0.1, 0.15) is 0 Å². The van der Waals surface area contributed by atoms with E-state index in [0.717, 1.165) is 0 Å². The quantitative estimate of drug-likeness (QED) is 0.721. The van der Waals surface area contributed by atoms with E-state index in [1.807, 2.05) is 0 Å². The van der Waals surface area contributed by atoms with Crippen LogP contribution in [0.2, 0.25) is 5.02 Å². The van der Waals surface area contributed by atoms with Crippen LogP contribution in [-0.4, -0.2) is 32.4 Å². The number of fused-ring (bicyclic) bond motifs is 3. The van der Waals surface area contributed by atoms with E-state index in [4.69, 9.17) is 16.3 Å². The fourth-order valence-corrected chi connectivity index (χ4v) is 2.14. The number of hydrogen-bond acceptors (Lipinski definition) is 5. The summed E-state index contributed by atoms with van der Waals surface area (Å²) >= 11 is 5.88. The highest BCUT2D eigenvalue weighted by molar-refractivity contribution is 6.31. The fraction of sp³-hybridized carbons (Fsp3) is 0.167. The van der Waals surface area contributed by atoms with Crippen LogP contribution in [-0.2, 0) is 4.74 Å². The Hall–Kier alpha value is -2.41. The van der Waals surface area contributed by atoms with Gasteiger partial charge in [0.25, 0.3) is 5.56 Å². The monoisotopic (exact) mass is 292 g/mol. The first-order chi connectivity index (χ1) is 9.61. The van der Waals surface area contributed by atoms with Gasteiger partial charge in [-0.05, 0) is 25.1 Å². The first-order valence-electron chi connectivity index (χ1n) is 5.86. The maximum atomic E-state index is 12.1. The molecule has 0 spiro atoms. The number of hydrogen-bond donors (Lipinski definition) is 1. The first kappa shape index (κ1) is 12.6. The Balaban J connectivity index is 2.37. The summed E-state index contributed by atoms with van der Waals surface area (Å²) in [6, 6.07) is 4.95. The van der Waals surface area contributed by atoms with Crippen molar-refractivity contribution in [2.24, 2.45) is 0 Å². The van der Waals surface area contributed by atoms with Gasteiger partial charge in [0.2, 0.25) is 5.69 Å². The topological polar surface area (TPSA) is 89.3 Å². The Morgan fingerprint density at radius 1 is 1.50 bits per heavy atom. The average Bonchev–Trinajstić information content (AvgIpc) is 2.84. The van der Waals surface area contributed by atoms with Crippen LogP contribution in [0, 0.1) is 0 Å². The number of aromatic amines is 1. The molecule has 0 aliphatic rings. The lowest BCUT2D eigenvalue weighted by Crippen LogP contribution is -2.15. The van der Waals surface area contributed by atoms with Crippen LogP contribution in [0.1, 0.15) is 17.4 Å². The van der Waals surface area contributed by atoms with Crippen molar-refractivity contribution in [3.05, 3.63) is 39.3 Å². The van der Waals surface area contributed by atoms with E-state index >= 15 is 0 Å². The molecule has 0 saturated carbocycles. The highest BCUT2D eigenvalue weighted by Gasteiger charge is 2.20. The Kier molecular flexibility index (Phi) is 2.90. The van der Waals surface area contributed by atoms with Crippen molar-refractivity contribution in [2.45, 2.75) is 6.92 Å². The highest BCUT2D eigenvalue weighted by Crippen LogP contribution is 2.17. The van der Waals surface area contributed by atoms with Gasteiger partial charge in [0, 0.05) is 5.02 Å². The largest absolute Gasteiger partial charge is 0.461 e. The standard InChI is InChI=1S/C12H9ClN4O3/c1-2-20-12(19)9-10-11(18)14-7-5-6(13)3-4-8(7)17(10)16-15-9/h3-5H,2H2,1H3,(H,14,18). The van der Waals surface area contributed by atoms with E-state index in [9.17, 15) is 9.59 Å². The average molecular weight is 293 g/mol. The van der Waals surface area contributed by atoms with Crippen LogP contribution in [0.4, 0.5) is 0 Å². The summed E-state index contributed by atoms with van der Waals surface area (Å²) in [5.74, 6) is -0.679.